The quantitative estimate of drug-likeness (QED) is 0.333. The number of nitrogens with one attached hydrogen (secondary N) is 1. The van der Waals surface area contributed by atoms with Gasteiger partial charge in [0.2, 0.25) is 5.17 Å². The minimum Gasteiger partial charge on any atom is -0.317 e. The summed E-state index contributed by atoms with van der Waals surface area (Å²) in [7, 11) is 0. The molecule has 0 saturated heterocycles. The zero-order chi connectivity index (χ0) is 23.8. The summed E-state index contributed by atoms with van der Waals surface area (Å²) in [6.45, 7) is 6.27. The molecule has 2 aliphatic heterocycles. The molecule has 3 aromatic rings. The number of benzene rings is 2. The average Bonchev–Trinajstić information content (AvgIpc) is 3.36. The van der Waals surface area contributed by atoms with Gasteiger partial charge in [-0.2, -0.15) is 15.1 Å². The van der Waals surface area contributed by atoms with Crippen LogP contribution in [0.5, 0.6) is 0 Å². The van der Waals surface area contributed by atoms with Gasteiger partial charge in [-0.15, -0.1) is 0 Å². The molecule has 3 heterocycles. The number of aryl methyl sites for hydroxylation is 1. The first-order valence-electron chi connectivity index (χ1n) is 11.6. The third-order valence-electron chi connectivity index (χ3n) is 6.27. The van der Waals surface area contributed by atoms with E-state index < -0.39 is 0 Å². The molecule has 34 heavy (non-hydrogen) atoms. The number of nitrogens with zero attached hydrogens (tertiary/aromatic N) is 4. The molecular formula is C27H27N5OS. The molecule has 1 aromatic heterocycles. The highest BCUT2D eigenvalue weighted by Crippen LogP contribution is 2.32. The number of amides is 1. The molecule has 0 fully saturated rings. The average molecular weight is 470 g/mol. The van der Waals surface area contributed by atoms with Crippen molar-refractivity contribution in [3.8, 4) is 5.69 Å². The molecule has 0 bridgehead atoms. The van der Waals surface area contributed by atoms with Gasteiger partial charge < -0.3 is 4.57 Å². The van der Waals surface area contributed by atoms with Gasteiger partial charge in [0.05, 0.1) is 11.3 Å². The standard InChI is InChI=1S/C27H27N5OS/c1-4-5-6-14-24-30-32-25(28)22(26(33)29-27(32)34-24)16-20-15-17(2)31(18(20)3)23-13-9-11-19-10-7-8-12-21(19)23/h7-13,15-16,28H,4-6,14H2,1-3H3/b22-16-,28-25?. The zero-order valence-electron chi connectivity index (χ0n) is 19.6. The van der Waals surface area contributed by atoms with E-state index in [1.807, 2.05) is 19.1 Å². The Labute approximate surface area is 203 Å². The van der Waals surface area contributed by atoms with Crippen LogP contribution < -0.4 is 0 Å². The van der Waals surface area contributed by atoms with E-state index in [0.717, 1.165) is 53.4 Å². The molecule has 0 aliphatic carbocycles. The first kappa shape index (κ1) is 22.3. The third kappa shape index (κ3) is 3.90. The van der Waals surface area contributed by atoms with E-state index in [2.05, 4.69) is 64.9 Å². The molecule has 2 aliphatic rings. The SMILES string of the molecule is CCCCCC1=NN2C(=N)/C(=C/c3cc(C)n(-c4cccc5ccccc45)c3C)C(=O)N=C2S1. The topological polar surface area (TPSA) is 73.8 Å². The summed E-state index contributed by atoms with van der Waals surface area (Å²) in [6, 6.07) is 16.7. The largest absolute Gasteiger partial charge is 0.317 e. The summed E-state index contributed by atoms with van der Waals surface area (Å²) in [5.74, 6) is -0.299. The highest BCUT2D eigenvalue weighted by Gasteiger charge is 2.35. The van der Waals surface area contributed by atoms with Crippen LogP contribution in [-0.2, 0) is 4.79 Å². The fourth-order valence-corrected chi connectivity index (χ4v) is 5.45. The first-order valence-corrected chi connectivity index (χ1v) is 12.5. The number of aliphatic imine (C=N–C) groups is 1. The maximum absolute atomic E-state index is 12.9. The van der Waals surface area contributed by atoms with Gasteiger partial charge in [-0.25, -0.2) is 0 Å². The van der Waals surface area contributed by atoms with Gasteiger partial charge in [0.1, 0.15) is 5.04 Å². The summed E-state index contributed by atoms with van der Waals surface area (Å²) >= 11 is 1.40. The van der Waals surface area contributed by atoms with Crippen LogP contribution in [-0.4, -0.2) is 31.5 Å². The van der Waals surface area contributed by atoms with Crippen molar-refractivity contribution in [2.45, 2.75) is 46.5 Å². The molecule has 0 unspecified atom stereocenters. The van der Waals surface area contributed by atoms with Crippen LogP contribution in [0.2, 0.25) is 0 Å². The maximum atomic E-state index is 12.9. The van der Waals surface area contributed by atoms with Gasteiger partial charge in [-0.05, 0) is 67.6 Å². The van der Waals surface area contributed by atoms with Gasteiger partial charge in [0, 0.05) is 16.8 Å². The molecule has 7 heteroatoms. The van der Waals surface area contributed by atoms with E-state index in [1.165, 1.54) is 27.5 Å². The van der Waals surface area contributed by atoms with Crippen LogP contribution in [0.1, 0.15) is 49.6 Å². The summed E-state index contributed by atoms with van der Waals surface area (Å²) < 4.78 is 2.20. The van der Waals surface area contributed by atoms with Crippen molar-refractivity contribution in [3.05, 3.63) is 71.1 Å². The number of hydrogen-bond acceptors (Lipinski definition) is 4. The lowest BCUT2D eigenvalue weighted by Crippen LogP contribution is -2.35. The van der Waals surface area contributed by atoms with Gasteiger partial charge in [-0.3, -0.25) is 10.2 Å². The molecule has 6 nitrogen and oxygen atoms in total. The number of unbranched alkanes of at least 4 members (excludes halogenated alkanes) is 2. The number of thioether (sulfide) groups is 1. The minimum atomic E-state index is -0.385. The number of carbonyl (C=O) groups excluding carboxylic acids is 1. The Balaban J connectivity index is 1.50. The highest BCUT2D eigenvalue weighted by atomic mass is 32.2. The molecule has 0 radical (unpaired) electrons. The third-order valence-corrected chi connectivity index (χ3v) is 7.24. The lowest BCUT2D eigenvalue weighted by atomic mass is 10.1. The first-order chi connectivity index (χ1) is 16.5. The van der Waals surface area contributed by atoms with Crippen molar-refractivity contribution in [2.75, 3.05) is 0 Å². The smallest absolute Gasteiger partial charge is 0.283 e. The van der Waals surface area contributed by atoms with Crippen LogP contribution >= 0.6 is 11.8 Å². The van der Waals surface area contributed by atoms with Crippen molar-refractivity contribution in [3.63, 3.8) is 0 Å². The van der Waals surface area contributed by atoms with Crippen molar-refractivity contribution < 1.29 is 4.79 Å². The van der Waals surface area contributed by atoms with E-state index >= 15 is 0 Å². The number of rotatable bonds is 6. The second-order valence-electron chi connectivity index (χ2n) is 8.63. The van der Waals surface area contributed by atoms with E-state index in [-0.39, 0.29) is 17.3 Å². The molecule has 0 saturated carbocycles. The summed E-state index contributed by atoms with van der Waals surface area (Å²) in [6.07, 6.45) is 5.96. The van der Waals surface area contributed by atoms with Gasteiger partial charge >= 0.3 is 0 Å². The number of hydrazone groups is 1. The van der Waals surface area contributed by atoms with Crippen LogP contribution in [0.25, 0.3) is 22.5 Å². The van der Waals surface area contributed by atoms with Crippen molar-refractivity contribution >= 4 is 50.6 Å². The van der Waals surface area contributed by atoms with Crippen molar-refractivity contribution in [1.82, 2.24) is 9.58 Å². The Morgan fingerprint density at radius 3 is 2.71 bits per heavy atom. The van der Waals surface area contributed by atoms with Gasteiger partial charge in [-0.1, -0.05) is 56.2 Å². The van der Waals surface area contributed by atoms with Gasteiger partial charge in [0.25, 0.3) is 5.91 Å². The van der Waals surface area contributed by atoms with E-state index in [4.69, 9.17) is 5.41 Å². The molecule has 172 valence electrons. The Morgan fingerprint density at radius 2 is 1.88 bits per heavy atom. The Bertz CT molecular complexity index is 1410. The second kappa shape index (κ2) is 9.06. The lowest BCUT2D eigenvalue weighted by Gasteiger charge is -2.20. The summed E-state index contributed by atoms with van der Waals surface area (Å²) in [5, 5.41) is 18.5. The van der Waals surface area contributed by atoms with Gasteiger partial charge in [0.15, 0.2) is 5.84 Å². The Hall–Kier alpha value is -3.45. The van der Waals surface area contributed by atoms with Crippen molar-refractivity contribution in [1.29, 1.82) is 5.41 Å². The predicted octanol–water partition coefficient (Wildman–Crippen LogP) is 6.45. The molecule has 0 atom stereocenters. The highest BCUT2D eigenvalue weighted by molar-refractivity contribution is 8.26. The molecule has 0 spiro atoms. The second-order valence-corrected chi connectivity index (χ2v) is 9.67. The number of carbonyl (C=O) groups is 1. The number of aromatic nitrogens is 1. The Morgan fingerprint density at radius 1 is 1.09 bits per heavy atom. The van der Waals surface area contributed by atoms with E-state index in [9.17, 15) is 4.79 Å². The lowest BCUT2D eigenvalue weighted by molar-refractivity contribution is -0.114. The van der Waals surface area contributed by atoms with Crippen molar-refractivity contribution in [2.24, 2.45) is 10.1 Å². The monoisotopic (exact) mass is 469 g/mol. The molecule has 1 N–H and O–H groups in total. The maximum Gasteiger partial charge on any atom is 0.283 e. The normalized spacial score (nSPS) is 16.9. The summed E-state index contributed by atoms with van der Waals surface area (Å²) in [4.78, 5) is 17.1. The van der Waals surface area contributed by atoms with E-state index in [0.29, 0.717) is 5.17 Å². The van der Waals surface area contributed by atoms with Crippen LogP contribution in [0, 0.1) is 19.3 Å². The molecule has 5 rings (SSSR count). The van der Waals surface area contributed by atoms with E-state index in [1.54, 1.807) is 6.08 Å². The number of fused-ring (bicyclic) bond motifs is 2. The number of amidine groups is 2. The molecule has 2 aromatic carbocycles. The van der Waals surface area contributed by atoms with Crippen LogP contribution in [0.3, 0.4) is 0 Å². The zero-order valence-corrected chi connectivity index (χ0v) is 20.4. The minimum absolute atomic E-state index is 0.0861. The number of hydrogen-bond donors (Lipinski definition) is 1. The molecule has 1 amide bonds. The predicted molar refractivity (Wildman–Crippen MR) is 142 cm³/mol. The van der Waals surface area contributed by atoms with Crippen LogP contribution in [0.15, 0.2) is 64.2 Å². The Kier molecular flexibility index (Phi) is 5.96. The van der Waals surface area contributed by atoms with Crippen LogP contribution in [0.4, 0.5) is 0 Å². The fourth-order valence-electron chi connectivity index (χ4n) is 4.52. The summed E-state index contributed by atoms with van der Waals surface area (Å²) in [5.41, 5.74) is 4.33. The fraction of sp³-hybridized carbons (Fsp3) is 0.259. The molecular weight excluding hydrogens is 442 g/mol.